The minimum absolute atomic E-state index is 0.0195. The summed E-state index contributed by atoms with van der Waals surface area (Å²) in [6.07, 6.45) is 1.78. The molecule has 1 aromatic heterocycles. The van der Waals surface area contributed by atoms with E-state index in [1.807, 2.05) is 28.0 Å². The number of piperazine rings is 1. The molecule has 4 rings (SSSR count). The molecule has 1 fully saturated rings. The van der Waals surface area contributed by atoms with Gasteiger partial charge in [0.25, 0.3) is 5.91 Å². The third-order valence-electron chi connectivity index (χ3n) is 5.88. The smallest absolute Gasteiger partial charge is 0.273 e. The van der Waals surface area contributed by atoms with Crippen molar-refractivity contribution in [3.63, 3.8) is 0 Å². The predicted molar refractivity (Wildman–Crippen MR) is 120 cm³/mol. The Labute approximate surface area is 183 Å². The Morgan fingerprint density at radius 1 is 1.10 bits per heavy atom. The van der Waals surface area contributed by atoms with Crippen LogP contribution < -0.4 is 10.2 Å². The van der Waals surface area contributed by atoms with Crippen molar-refractivity contribution < 1.29 is 9.59 Å². The standard InChI is InChI=1S/C23H30N6O2/c1-3-11-29-16-19-20(22(29)31)25-23(28-14-12-27(13-15-28)17(2)30)26-21(19)24-10-9-18-7-5-4-6-8-18/h4-8H,3,9-16H2,1-2H3,(H,24,25,26). The summed E-state index contributed by atoms with van der Waals surface area (Å²) in [5.41, 5.74) is 2.65. The molecule has 2 aliphatic heterocycles. The summed E-state index contributed by atoms with van der Waals surface area (Å²) in [6, 6.07) is 10.3. The molecule has 0 atom stereocenters. The monoisotopic (exact) mass is 422 g/mol. The van der Waals surface area contributed by atoms with Crippen LogP contribution in [0.4, 0.5) is 11.8 Å². The highest BCUT2D eigenvalue weighted by Crippen LogP contribution is 2.29. The van der Waals surface area contributed by atoms with Crippen LogP contribution in [0.15, 0.2) is 30.3 Å². The topological polar surface area (TPSA) is 81.7 Å². The zero-order valence-corrected chi connectivity index (χ0v) is 18.3. The molecule has 2 amide bonds. The zero-order valence-electron chi connectivity index (χ0n) is 18.3. The number of amides is 2. The zero-order chi connectivity index (χ0) is 21.8. The Bertz CT molecular complexity index is 941. The van der Waals surface area contributed by atoms with Gasteiger partial charge in [0, 0.05) is 51.8 Å². The number of nitrogens with zero attached hydrogens (tertiary/aromatic N) is 5. The maximum absolute atomic E-state index is 12.9. The van der Waals surface area contributed by atoms with Crippen LogP contribution in [-0.4, -0.2) is 70.9 Å². The van der Waals surface area contributed by atoms with E-state index in [1.54, 1.807) is 6.92 Å². The number of carbonyl (C=O) groups excluding carboxylic acids is 2. The van der Waals surface area contributed by atoms with E-state index in [0.29, 0.717) is 50.9 Å². The van der Waals surface area contributed by atoms with E-state index < -0.39 is 0 Å². The van der Waals surface area contributed by atoms with Gasteiger partial charge in [-0.05, 0) is 18.4 Å². The minimum atomic E-state index is -0.0195. The van der Waals surface area contributed by atoms with Gasteiger partial charge < -0.3 is 20.0 Å². The highest BCUT2D eigenvalue weighted by Gasteiger charge is 2.33. The molecule has 8 nitrogen and oxygen atoms in total. The first-order valence-electron chi connectivity index (χ1n) is 11.0. The van der Waals surface area contributed by atoms with Crippen LogP contribution in [0.5, 0.6) is 0 Å². The van der Waals surface area contributed by atoms with Crippen LogP contribution in [0.2, 0.25) is 0 Å². The lowest BCUT2D eigenvalue weighted by molar-refractivity contribution is -0.129. The highest BCUT2D eigenvalue weighted by molar-refractivity contribution is 5.98. The summed E-state index contributed by atoms with van der Waals surface area (Å²) in [6.45, 7) is 8.26. The number of rotatable bonds is 7. The van der Waals surface area contributed by atoms with Gasteiger partial charge in [-0.3, -0.25) is 9.59 Å². The number of carbonyl (C=O) groups is 2. The Kier molecular flexibility index (Phi) is 6.34. The first-order valence-corrected chi connectivity index (χ1v) is 11.0. The first kappa shape index (κ1) is 21.1. The Morgan fingerprint density at radius 2 is 1.84 bits per heavy atom. The number of hydrogen-bond acceptors (Lipinski definition) is 6. The highest BCUT2D eigenvalue weighted by atomic mass is 16.2. The van der Waals surface area contributed by atoms with Crippen molar-refractivity contribution >= 4 is 23.6 Å². The molecule has 1 aromatic carbocycles. The number of nitrogens with one attached hydrogen (secondary N) is 1. The molecule has 0 saturated carbocycles. The molecule has 2 aromatic rings. The van der Waals surface area contributed by atoms with Crippen molar-refractivity contribution in [1.82, 2.24) is 19.8 Å². The summed E-state index contributed by atoms with van der Waals surface area (Å²) in [5, 5.41) is 3.46. The van der Waals surface area contributed by atoms with Gasteiger partial charge >= 0.3 is 0 Å². The molecule has 0 spiro atoms. The minimum Gasteiger partial charge on any atom is -0.369 e. The molecule has 3 heterocycles. The maximum Gasteiger partial charge on any atom is 0.273 e. The normalized spacial score (nSPS) is 15.9. The Balaban J connectivity index is 1.55. The second kappa shape index (κ2) is 9.32. The van der Waals surface area contributed by atoms with Crippen LogP contribution in [0.1, 0.15) is 41.9 Å². The van der Waals surface area contributed by atoms with E-state index in [1.165, 1.54) is 5.56 Å². The van der Waals surface area contributed by atoms with Gasteiger partial charge in [0.1, 0.15) is 11.5 Å². The molecule has 0 unspecified atom stereocenters. The number of anilines is 2. The second-order valence-electron chi connectivity index (χ2n) is 8.08. The summed E-state index contributed by atoms with van der Waals surface area (Å²) >= 11 is 0. The van der Waals surface area contributed by atoms with Crippen LogP contribution >= 0.6 is 0 Å². The average Bonchev–Trinajstić information content (AvgIpc) is 3.10. The maximum atomic E-state index is 12.9. The van der Waals surface area contributed by atoms with Gasteiger partial charge in [0.15, 0.2) is 0 Å². The molecule has 0 aliphatic carbocycles. The van der Waals surface area contributed by atoms with E-state index in [2.05, 4.69) is 34.3 Å². The van der Waals surface area contributed by atoms with Crippen molar-refractivity contribution in [1.29, 1.82) is 0 Å². The molecule has 8 heteroatoms. The molecule has 0 radical (unpaired) electrons. The SMILES string of the molecule is CCCN1Cc2c(NCCc3ccccc3)nc(N3CCN(C(C)=O)CC3)nc2C1=O. The van der Waals surface area contributed by atoms with E-state index in [-0.39, 0.29) is 11.8 Å². The van der Waals surface area contributed by atoms with Gasteiger partial charge in [0.2, 0.25) is 11.9 Å². The Hall–Kier alpha value is -3.16. The summed E-state index contributed by atoms with van der Waals surface area (Å²) in [4.78, 5) is 39.8. The van der Waals surface area contributed by atoms with Crippen LogP contribution in [0.25, 0.3) is 0 Å². The number of hydrogen-bond donors (Lipinski definition) is 1. The van der Waals surface area contributed by atoms with Crippen molar-refractivity contribution in [3.05, 3.63) is 47.2 Å². The van der Waals surface area contributed by atoms with Crippen LogP contribution in [0, 0.1) is 0 Å². The number of fused-ring (bicyclic) bond motifs is 1. The molecule has 164 valence electrons. The molecule has 31 heavy (non-hydrogen) atoms. The predicted octanol–water partition coefficient (Wildman–Crippen LogP) is 2.17. The van der Waals surface area contributed by atoms with E-state index >= 15 is 0 Å². The lowest BCUT2D eigenvalue weighted by Crippen LogP contribution is -2.48. The van der Waals surface area contributed by atoms with Crippen molar-refractivity contribution in [2.75, 3.05) is 49.5 Å². The fraction of sp³-hybridized carbons (Fsp3) is 0.478. The molecule has 1 N–H and O–H groups in total. The number of benzene rings is 1. The van der Waals surface area contributed by atoms with Crippen LogP contribution in [-0.2, 0) is 17.8 Å². The van der Waals surface area contributed by atoms with E-state index in [0.717, 1.165) is 30.8 Å². The van der Waals surface area contributed by atoms with Gasteiger partial charge in [-0.15, -0.1) is 0 Å². The van der Waals surface area contributed by atoms with E-state index in [9.17, 15) is 9.59 Å². The third-order valence-corrected chi connectivity index (χ3v) is 5.88. The molecular formula is C23H30N6O2. The summed E-state index contributed by atoms with van der Waals surface area (Å²) < 4.78 is 0. The lowest BCUT2D eigenvalue weighted by Gasteiger charge is -2.34. The molecular weight excluding hydrogens is 392 g/mol. The van der Waals surface area contributed by atoms with E-state index in [4.69, 9.17) is 4.98 Å². The van der Waals surface area contributed by atoms with Crippen LogP contribution in [0.3, 0.4) is 0 Å². The summed E-state index contributed by atoms with van der Waals surface area (Å²) in [7, 11) is 0. The fourth-order valence-electron chi connectivity index (χ4n) is 4.14. The third kappa shape index (κ3) is 4.62. The fourth-order valence-corrected chi connectivity index (χ4v) is 4.14. The second-order valence-corrected chi connectivity index (χ2v) is 8.08. The van der Waals surface area contributed by atoms with Gasteiger partial charge in [-0.25, -0.2) is 4.98 Å². The first-order chi connectivity index (χ1) is 15.1. The van der Waals surface area contributed by atoms with Gasteiger partial charge in [0.05, 0.1) is 6.54 Å². The largest absolute Gasteiger partial charge is 0.369 e. The molecule has 2 aliphatic rings. The van der Waals surface area contributed by atoms with Crippen molar-refractivity contribution in [2.24, 2.45) is 0 Å². The molecule has 1 saturated heterocycles. The lowest BCUT2D eigenvalue weighted by atomic mass is 10.1. The van der Waals surface area contributed by atoms with Gasteiger partial charge in [-0.2, -0.15) is 4.98 Å². The quantitative estimate of drug-likeness (QED) is 0.737. The molecule has 0 bridgehead atoms. The average molecular weight is 423 g/mol. The summed E-state index contributed by atoms with van der Waals surface area (Å²) in [5.74, 6) is 1.38. The van der Waals surface area contributed by atoms with Crippen molar-refractivity contribution in [2.45, 2.75) is 33.2 Å². The van der Waals surface area contributed by atoms with Crippen molar-refractivity contribution in [3.8, 4) is 0 Å². The van der Waals surface area contributed by atoms with Gasteiger partial charge in [-0.1, -0.05) is 37.3 Å². The number of aromatic nitrogens is 2. The Morgan fingerprint density at radius 3 is 2.52 bits per heavy atom.